The molecule has 0 unspecified atom stereocenters. The molecule has 0 aromatic heterocycles. The van der Waals surface area contributed by atoms with Gasteiger partial charge in [-0.1, -0.05) is 30.3 Å². The molecule has 0 heterocycles. The summed E-state index contributed by atoms with van der Waals surface area (Å²) in [6, 6.07) is 10.1. The topological polar surface area (TPSA) is 46.2 Å². The lowest BCUT2D eigenvalue weighted by Gasteiger charge is -2.09. The SMILES string of the molecule is CC(C)OCCOCCOCCOCCOCc1ccccc1. The van der Waals surface area contributed by atoms with E-state index in [2.05, 4.69) is 0 Å². The van der Waals surface area contributed by atoms with Crippen molar-refractivity contribution >= 4 is 0 Å². The first kappa shape index (κ1) is 20.1. The van der Waals surface area contributed by atoms with Gasteiger partial charge >= 0.3 is 0 Å². The molecule has 1 rings (SSSR count). The van der Waals surface area contributed by atoms with Crippen LogP contribution in [0.25, 0.3) is 0 Å². The quantitative estimate of drug-likeness (QED) is 0.464. The van der Waals surface area contributed by atoms with Gasteiger partial charge < -0.3 is 23.7 Å². The zero-order chi connectivity index (χ0) is 16.6. The molecule has 0 aliphatic rings. The highest BCUT2D eigenvalue weighted by atomic mass is 16.6. The van der Waals surface area contributed by atoms with E-state index in [4.69, 9.17) is 23.7 Å². The van der Waals surface area contributed by atoms with Gasteiger partial charge in [0, 0.05) is 0 Å². The van der Waals surface area contributed by atoms with Gasteiger partial charge in [-0.05, 0) is 19.4 Å². The van der Waals surface area contributed by atoms with Crippen LogP contribution in [0.15, 0.2) is 30.3 Å². The van der Waals surface area contributed by atoms with Gasteiger partial charge in [-0.3, -0.25) is 0 Å². The lowest BCUT2D eigenvalue weighted by atomic mass is 10.2. The van der Waals surface area contributed by atoms with Crippen LogP contribution in [0.5, 0.6) is 0 Å². The van der Waals surface area contributed by atoms with Crippen molar-refractivity contribution < 1.29 is 23.7 Å². The van der Waals surface area contributed by atoms with Crippen LogP contribution in [-0.2, 0) is 30.3 Å². The van der Waals surface area contributed by atoms with Crippen LogP contribution in [0, 0.1) is 0 Å². The summed E-state index contributed by atoms with van der Waals surface area (Å²) in [4.78, 5) is 0. The van der Waals surface area contributed by atoms with Crippen LogP contribution in [0.1, 0.15) is 19.4 Å². The molecule has 0 saturated heterocycles. The fourth-order valence-electron chi connectivity index (χ4n) is 1.77. The standard InChI is InChI=1S/C18H30O5/c1-17(2)23-15-14-21-11-10-19-8-9-20-12-13-22-16-18-6-4-3-5-7-18/h3-7,17H,8-16H2,1-2H3. The monoisotopic (exact) mass is 326 g/mol. The Labute approximate surface area is 139 Å². The van der Waals surface area contributed by atoms with Gasteiger partial charge in [-0.25, -0.2) is 0 Å². The average molecular weight is 326 g/mol. The van der Waals surface area contributed by atoms with E-state index < -0.39 is 0 Å². The third-order valence-electron chi connectivity index (χ3n) is 2.91. The van der Waals surface area contributed by atoms with E-state index in [1.807, 2.05) is 44.2 Å². The lowest BCUT2D eigenvalue weighted by Crippen LogP contribution is -2.14. The van der Waals surface area contributed by atoms with Crippen molar-refractivity contribution in [2.75, 3.05) is 52.9 Å². The number of ether oxygens (including phenoxy) is 5. The van der Waals surface area contributed by atoms with E-state index in [-0.39, 0.29) is 6.10 Å². The fraction of sp³-hybridized carbons (Fsp3) is 0.667. The van der Waals surface area contributed by atoms with Crippen LogP contribution in [0.4, 0.5) is 0 Å². The Morgan fingerprint density at radius 2 is 1.13 bits per heavy atom. The molecule has 0 radical (unpaired) electrons. The summed E-state index contributed by atoms with van der Waals surface area (Å²) < 4.78 is 27.1. The van der Waals surface area contributed by atoms with E-state index in [9.17, 15) is 0 Å². The Morgan fingerprint density at radius 1 is 0.652 bits per heavy atom. The van der Waals surface area contributed by atoms with E-state index in [0.717, 1.165) is 0 Å². The minimum atomic E-state index is 0.253. The van der Waals surface area contributed by atoms with Crippen molar-refractivity contribution in [3.05, 3.63) is 35.9 Å². The molecule has 1 aromatic rings. The molecule has 0 aliphatic heterocycles. The van der Waals surface area contributed by atoms with E-state index in [1.54, 1.807) is 0 Å². The maximum absolute atomic E-state index is 5.52. The second-order valence-electron chi connectivity index (χ2n) is 5.29. The fourth-order valence-corrected chi connectivity index (χ4v) is 1.77. The molecule has 0 fully saturated rings. The summed E-state index contributed by atoms with van der Waals surface area (Å²) >= 11 is 0. The van der Waals surface area contributed by atoms with E-state index in [1.165, 1.54) is 5.56 Å². The predicted octanol–water partition coefficient (Wildman–Crippen LogP) is 2.68. The van der Waals surface area contributed by atoms with Gasteiger partial charge in [0.1, 0.15) is 0 Å². The third kappa shape index (κ3) is 13.2. The van der Waals surface area contributed by atoms with Crippen molar-refractivity contribution in [2.45, 2.75) is 26.6 Å². The van der Waals surface area contributed by atoms with Crippen molar-refractivity contribution in [3.8, 4) is 0 Å². The molecule has 0 saturated carbocycles. The predicted molar refractivity (Wildman–Crippen MR) is 89.6 cm³/mol. The van der Waals surface area contributed by atoms with Gasteiger partial charge in [-0.15, -0.1) is 0 Å². The highest BCUT2D eigenvalue weighted by Gasteiger charge is 1.95. The molecule has 0 atom stereocenters. The van der Waals surface area contributed by atoms with Crippen LogP contribution in [0.2, 0.25) is 0 Å². The summed E-state index contributed by atoms with van der Waals surface area (Å²) in [5, 5.41) is 0. The summed E-state index contributed by atoms with van der Waals surface area (Å²) in [5.41, 5.74) is 1.18. The highest BCUT2D eigenvalue weighted by Crippen LogP contribution is 1.99. The Kier molecular flexibility index (Phi) is 12.7. The van der Waals surface area contributed by atoms with Gasteiger partial charge in [0.2, 0.25) is 0 Å². The van der Waals surface area contributed by atoms with Gasteiger partial charge in [-0.2, -0.15) is 0 Å². The largest absolute Gasteiger partial charge is 0.377 e. The molecule has 0 aliphatic carbocycles. The Bertz CT molecular complexity index is 356. The Hall–Kier alpha value is -0.980. The number of hydrogen-bond donors (Lipinski definition) is 0. The Morgan fingerprint density at radius 3 is 1.65 bits per heavy atom. The summed E-state index contributed by atoms with van der Waals surface area (Å²) in [7, 11) is 0. The number of rotatable bonds is 15. The van der Waals surface area contributed by atoms with Crippen molar-refractivity contribution in [1.82, 2.24) is 0 Å². The molecule has 5 nitrogen and oxygen atoms in total. The minimum Gasteiger partial charge on any atom is -0.377 e. The highest BCUT2D eigenvalue weighted by molar-refractivity contribution is 5.13. The first-order valence-corrected chi connectivity index (χ1v) is 8.25. The van der Waals surface area contributed by atoms with E-state index in [0.29, 0.717) is 59.5 Å². The molecule has 132 valence electrons. The maximum Gasteiger partial charge on any atom is 0.0718 e. The summed E-state index contributed by atoms with van der Waals surface area (Å²) in [6.07, 6.45) is 0.253. The molecule has 0 bridgehead atoms. The zero-order valence-corrected chi connectivity index (χ0v) is 14.4. The summed E-state index contributed by atoms with van der Waals surface area (Å²) in [5.74, 6) is 0. The molecular weight excluding hydrogens is 296 g/mol. The maximum atomic E-state index is 5.52. The molecular formula is C18H30O5. The molecule has 0 spiro atoms. The van der Waals surface area contributed by atoms with Crippen LogP contribution >= 0.6 is 0 Å². The molecule has 23 heavy (non-hydrogen) atoms. The minimum absolute atomic E-state index is 0.253. The first-order chi connectivity index (χ1) is 11.3. The van der Waals surface area contributed by atoms with E-state index >= 15 is 0 Å². The Balaban J connectivity index is 1.73. The van der Waals surface area contributed by atoms with Crippen molar-refractivity contribution in [3.63, 3.8) is 0 Å². The van der Waals surface area contributed by atoms with Crippen LogP contribution in [-0.4, -0.2) is 59.0 Å². The summed E-state index contributed by atoms with van der Waals surface area (Å²) in [6.45, 7) is 9.37. The lowest BCUT2D eigenvalue weighted by molar-refractivity contribution is -0.0185. The molecule has 0 N–H and O–H groups in total. The van der Waals surface area contributed by atoms with Crippen molar-refractivity contribution in [1.29, 1.82) is 0 Å². The average Bonchev–Trinajstić information content (AvgIpc) is 2.56. The number of benzene rings is 1. The van der Waals surface area contributed by atoms with Crippen LogP contribution in [0.3, 0.4) is 0 Å². The zero-order valence-electron chi connectivity index (χ0n) is 14.4. The van der Waals surface area contributed by atoms with Crippen LogP contribution < -0.4 is 0 Å². The second kappa shape index (κ2) is 14.6. The molecule has 5 heteroatoms. The van der Waals surface area contributed by atoms with Gasteiger partial charge in [0.25, 0.3) is 0 Å². The third-order valence-corrected chi connectivity index (χ3v) is 2.91. The van der Waals surface area contributed by atoms with Crippen molar-refractivity contribution in [2.24, 2.45) is 0 Å². The first-order valence-electron chi connectivity index (χ1n) is 8.25. The number of hydrogen-bond acceptors (Lipinski definition) is 5. The smallest absolute Gasteiger partial charge is 0.0718 e. The molecule has 0 amide bonds. The van der Waals surface area contributed by atoms with Gasteiger partial charge in [0.15, 0.2) is 0 Å². The second-order valence-corrected chi connectivity index (χ2v) is 5.29. The van der Waals surface area contributed by atoms with Gasteiger partial charge in [0.05, 0.1) is 65.6 Å². The molecule has 1 aromatic carbocycles. The normalized spacial score (nSPS) is 11.3.